The van der Waals surface area contributed by atoms with E-state index in [4.69, 9.17) is 11.2 Å². The summed E-state index contributed by atoms with van der Waals surface area (Å²) in [4.78, 5) is 36.7. The average Bonchev–Trinajstić information content (AvgIpc) is 3.19. The summed E-state index contributed by atoms with van der Waals surface area (Å²) in [5, 5.41) is 14.7. The Bertz CT molecular complexity index is 1090. The molecule has 3 N–H and O–H groups in total. The molecule has 3 unspecified atom stereocenters. The summed E-state index contributed by atoms with van der Waals surface area (Å²) in [6.07, 6.45) is 7.89. The lowest BCUT2D eigenvalue weighted by molar-refractivity contribution is -0.142. The van der Waals surface area contributed by atoms with Crippen LogP contribution in [0.1, 0.15) is 49.1 Å². The fraction of sp³-hybridized carbons (Fsp3) is 0.393. The number of carboxylic acids is 1. The molecule has 0 aromatic heterocycles. The van der Waals surface area contributed by atoms with Crippen LogP contribution < -0.4 is 10.6 Å². The summed E-state index contributed by atoms with van der Waals surface area (Å²) in [6, 6.07) is 15.2. The third kappa shape index (κ3) is 5.48. The van der Waals surface area contributed by atoms with Crippen molar-refractivity contribution in [3.63, 3.8) is 0 Å². The summed E-state index contributed by atoms with van der Waals surface area (Å²) in [5.74, 6) is 0.316. The van der Waals surface area contributed by atoms with E-state index in [1.54, 1.807) is 0 Å². The van der Waals surface area contributed by atoms with Crippen LogP contribution in [-0.2, 0) is 14.3 Å². The van der Waals surface area contributed by atoms with Crippen molar-refractivity contribution >= 4 is 18.0 Å². The van der Waals surface area contributed by atoms with E-state index in [1.165, 1.54) is 0 Å². The monoisotopic (exact) mass is 474 g/mol. The second-order valence-electron chi connectivity index (χ2n) is 9.17. The van der Waals surface area contributed by atoms with Crippen LogP contribution in [0.15, 0.2) is 48.5 Å². The lowest BCUT2D eigenvalue weighted by atomic mass is 9.78. The Morgan fingerprint density at radius 2 is 1.66 bits per heavy atom. The van der Waals surface area contributed by atoms with Crippen molar-refractivity contribution in [2.24, 2.45) is 11.8 Å². The van der Waals surface area contributed by atoms with E-state index in [1.807, 2.05) is 24.3 Å². The molecule has 1 fully saturated rings. The van der Waals surface area contributed by atoms with Gasteiger partial charge in [0.1, 0.15) is 12.6 Å². The molecule has 182 valence electrons. The average molecular weight is 475 g/mol. The molecule has 2 aromatic rings. The molecule has 2 amide bonds. The van der Waals surface area contributed by atoms with Gasteiger partial charge in [-0.2, -0.15) is 0 Å². The molecule has 0 saturated heterocycles. The summed E-state index contributed by atoms with van der Waals surface area (Å²) >= 11 is 0. The zero-order valence-corrected chi connectivity index (χ0v) is 19.5. The SMILES string of the molecule is C#CCC(NC(=O)C1CCCCC1CNC(=O)OCC1c2ccccc2-c2ccccc21)C(=O)O. The maximum Gasteiger partial charge on any atom is 0.407 e. The van der Waals surface area contributed by atoms with Crippen molar-refractivity contribution in [1.29, 1.82) is 0 Å². The Kier molecular flexibility index (Phi) is 7.71. The predicted molar refractivity (Wildman–Crippen MR) is 132 cm³/mol. The van der Waals surface area contributed by atoms with E-state index in [9.17, 15) is 19.5 Å². The van der Waals surface area contributed by atoms with Crippen LogP contribution in [0.4, 0.5) is 4.79 Å². The normalized spacial score (nSPS) is 19.5. The van der Waals surface area contributed by atoms with Gasteiger partial charge in [-0.15, -0.1) is 12.3 Å². The third-order valence-electron chi connectivity index (χ3n) is 7.03. The van der Waals surface area contributed by atoms with Crippen LogP contribution >= 0.6 is 0 Å². The Hall–Kier alpha value is -3.79. The minimum Gasteiger partial charge on any atom is -0.480 e. The van der Waals surface area contributed by atoms with Crippen LogP contribution in [0.2, 0.25) is 0 Å². The maximum atomic E-state index is 12.8. The number of carbonyl (C=O) groups excluding carboxylic acids is 2. The number of alkyl carbamates (subject to hydrolysis) is 1. The first kappa shape index (κ1) is 24.3. The van der Waals surface area contributed by atoms with Crippen LogP contribution in [0.5, 0.6) is 0 Å². The smallest absolute Gasteiger partial charge is 0.407 e. The zero-order valence-electron chi connectivity index (χ0n) is 19.5. The highest BCUT2D eigenvalue weighted by Crippen LogP contribution is 2.44. The molecule has 2 aliphatic rings. The quantitative estimate of drug-likeness (QED) is 0.503. The van der Waals surface area contributed by atoms with E-state index < -0.39 is 18.1 Å². The number of ether oxygens (including phenoxy) is 1. The Morgan fingerprint density at radius 3 is 2.29 bits per heavy atom. The lowest BCUT2D eigenvalue weighted by Crippen LogP contribution is -2.47. The molecule has 7 heteroatoms. The van der Waals surface area contributed by atoms with Gasteiger partial charge in [-0.3, -0.25) is 4.79 Å². The van der Waals surface area contributed by atoms with Crippen molar-refractivity contribution in [2.75, 3.05) is 13.2 Å². The lowest BCUT2D eigenvalue weighted by Gasteiger charge is -2.31. The highest BCUT2D eigenvalue weighted by molar-refractivity contribution is 5.85. The molecule has 4 rings (SSSR count). The van der Waals surface area contributed by atoms with Crippen molar-refractivity contribution in [2.45, 2.75) is 44.1 Å². The summed E-state index contributed by atoms with van der Waals surface area (Å²) in [6.45, 7) is 0.516. The fourth-order valence-corrected chi connectivity index (χ4v) is 5.26. The first-order valence-corrected chi connectivity index (χ1v) is 12.0. The Labute approximate surface area is 205 Å². The highest BCUT2D eigenvalue weighted by Gasteiger charge is 2.34. The number of fused-ring (bicyclic) bond motifs is 3. The van der Waals surface area contributed by atoms with Crippen molar-refractivity contribution < 1.29 is 24.2 Å². The zero-order chi connectivity index (χ0) is 24.8. The number of hydrogen-bond donors (Lipinski definition) is 3. The van der Waals surface area contributed by atoms with Gasteiger partial charge in [0, 0.05) is 24.8 Å². The van der Waals surface area contributed by atoms with Gasteiger partial charge >= 0.3 is 12.1 Å². The first-order valence-electron chi connectivity index (χ1n) is 12.0. The molecule has 0 bridgehead atoms. The van der Waals surface area contributed by atoms with Crippen molar-refractivity contribution in [3.05, 3.63) is 59.7 Å². The number of aliphatic carboxylic acids is 1. The largest absolute Gasteiger partial charge is 0.480 e. The highest BCUT2D eigenvalue weighted by atomic mass is 16.5. The van der Waals surface area contributed by atoms with Crippen LogP contribution in [0.3, 0.4) is 0 Å². The molecule has 2 aromatic carbocycles. The standard InChI is InChI=1S/C28H30N2O5/c1-2-9-25(27(32)33)30-26(31)19-11-4-3-10-18(19)16-29-28(34)35-17-24-22-14-7-5-12-20(22)21-13-6-8-15-23(21)24/h1,5-8,12-15,18-19,24-25H,3-4,9-11,16-17H2,(H,29,34)(H,30,31)(H,32,33). The number of carbonyl (C=O) groups is 3. The molecular weight excluding hydrogens is 444 g/mol. The number of amides is 2. The van der Waals surface area contributed by atoms with Gasteiger partial charge in [0.15, 0.2) is 0 Å². The molecular formula is C28H30N2O5. The Morgan fingerprint density at radius 1 is 1.03 bits per heavy atom. The maximum absolute atomic E-state index is 12.8. The third-order valence-corrected chi connectivity index (χ3v) is 7.03. The van der Waals surface area contributed by atoms with Gasteiger partial charge in [0.2, 0.25) is 5.91 Å². The van der Waals surface area contributed by atoms with Gasteiger partial charge < -0.3 is 20.5 Å². The van der Waals surface area contributed by atoms with E-state index in [2.05, 4.69) is 40.8 Å². The summed E-state index contributed by atoms with van der Waals surface area (Å²) in [7, 11) is 0. The number of benzene rings is 2. The van der Waals surface area contributed by atoms with E-state index >= 15 is 0 Å². The molecule has 1 saturated carbocycles. The van der Waals surface area contributed by atoms with Crippen LogP contribution in [-0.4, -0.2) is 42.3 Å². The molecule has 35 heavy (non-hydrogen) atoms. The molecule has 2 aliphatic carbocycles. The van der Waals surface area contributed by atoms with E-state index in [0.29, 0.717) is 13.0 Å². The predicted octanol–water partition coefficient (Wildman–Crippen LogP) is 3.92. The van der Waals surface area contributed by atoms with E-state index in [0.717, 1.165) is 41.5 Å². The fourth-order valence-electron chi connectivity index (χ4n) is 5.26. The number of nitrogens with one attached hydrogen (secondary N) is 2. The number of rotatable bonds is 8. The molecule has 0 radical (unpaired) electrons. The second kappa shape index (κ2) is 11.1. The van der Waals surface area contributed by atoms with Gasteiger partial charge in [0.05, 0.1) is 0 Å². The number of terminal acetylenes is 1. The van der Waals surface area contributed by atoms with Gasteiger partial charge in [-0.1, -0.05) is 61.4 Å². The molecule has 0 aliphatic heterocycles. The van der Waals surface area contributed by atoms with Crippen molar-refractivity contribution in [1.82, 2.24) is 10.6 Å². The van der Waals surface area contributed by atoms with Gasteiger partial charge in [0.25, 0.3) is 0 Å². The molecule has 3 atom stereocenters. The number of carboxylic acid groups (broad SMARTS) is 1. The first-order chi connectivity index (χ1) is 17.0. The van der Waals surface area contributed by atoms with Gasteiger partial charge in [-0.05, 0) is 41.0 Å². The number of hydrogen-bond acceptors (Lipinski definition) is 4. The minimum absolute atomic E-state index is 0.0227. The Balaban J connectivity index is 1.33. The van der Waals surface area contributed by atoms with Crippen molar-refractivity contribution in [3.8, 4) is 23.5 Å². The summed E-state index contributed by atoms with van der Waals surface area (Å²) in [5.41, 5.74) is 4.62. The van der Waals surface area contributed by atoms with E-state index in [-0.39, 0.29) is 36.7 Å². The second-order valence-corrected chi connectivity index (χ2v) is 9.17. The molecule has 0 spiro atoms. The minimum atomic E-state index is -1.15. The molecule has 0 heterocycles. The van der Waals surface area contributed by atoms with Gasteiger partial charge in [-0.25, -0.2) is 9.59 Å². The molecule has 7 nitrogen and oxygen atoms in total. The topological polar surface area (TPSA) is 105 Å². The van der Waals surface area contributed by atoms with Crippen LogP contribution in [0, 0.1) is 24.2 Å². The summed E-state index contributed by atoms with van der Waals surface area (Å²) < 4.78 is 5.60. The van der Waals surface area contributed by atoms with Crippen LogP contribution in [0.25, 0.3) is 11.1 Å².